The number of amides is 1. The third-order valence-electron chi connectivity index (χ3n) is 4.50. The summed E-state index contributed by atoms with van der Waals surface area (Å²) in [5, 5.41) is 5.56. The van der Waals surface area contributed by atoms with Crippen LogP contribution < -0.4 is 5.32 Å². The molecular formula is C20H22ClNO3S. The number of ether oxygens (including phenoxy) is 1. The van der Waals surface area contributed by atoms with Gasteiger partial charge in [0.2, 0.25) is 0 Å². The lowest BCUT2D eigenvalue weighted by Crippen LogP contribution is -2.38. The molecule has 0 radical (unpaired) electrons. The Morgan fingerprint density at radius 2 is 1.85 bits per heavy atom. The molecule has 4 nitrogen and oxygen atoms in total. The number of fused-ring (bicyclic) bond motifs is 1. The van der Waals surface area contributed by atoms with Crippen molar-refractivity contribution in [3.63, 3.8) is 0 Å². The van der Waals surface area contributed by atoms with Crippen molar-refractivity contribution in [1.29, 1.82) is 0 Å². The zero-order valence-corrected chi connectivity index (χ0v) is 16.1. The van der Waals surface area contributed by atoms with E-state index in [4.69, 9.17) is 16.3 Å². The second kappa shape index (κ2) is 9.28. The van der Waals surface area contributed by atoms with Gasteiger partial charge in [-0.3, -0.25) is 9.59 Å². The summed E-state index contributed by atoms with van der Waals surface area (Å²) in [6, 6.07) is 11.8. The predicted octanol–water partition coefficient (Wildman–Crippen LogP) is 4.58. The summed E-state index contributed by atoms with van der Waals surface area (Å²) in [5.74, 6) is -0.484. The lowest BCUT2D eigenvalue weighted by atomic mass is 9.95. The largest absolute Gasteiger partial charge is 0.455 e. The Balaban J connectivity index is 1.48. The summed E-state index contributed by atoms with van der Waals surface area (Å²) in [6.45, 7) is -0.216. The van der Waals surface area contributed by atoms with Crippen LogP contribution in [0, 0.1) is 0 Å². The summed E-state index contributed by atoms with van der Waals surface area (Å²) in [5.41, 5.74) is 0. The second-order valence-corrected chi connectivity index (χ2v) is 7.87. The number of carbonyl (C=O) groups is 2. The van der Waals surface area contributed by atoms with Gasteiger partial charge in [-0.2, -0.15) is 0 Å². The van der Waals surface area contributed by atoms with E-state index in [1.807, 2.05) is 36.4 Å². The van der Waals surface area contributed by atoms with Crippen LogP contribution in [-0.4, -0.2) is 30.3 Å². The first-order valence-corrected chi connectivity index (χ1v) is 10.2. The Morgan fingerprint density at radius 3 is 2.62 bits per heavy atom. The number of hydrogen-bond donors (Lipinski definition) is 1. The SMILES string of the molecule is O=C(COC(=O)CSc1cccc2cccc(Cl)c12)NC1CCCCC1. The van der Waals surface area contributed by atoms with E-state index < -0.39 is 5.97 Å². The van der Waals surface area contributed by atoms with Crippen molar-refractivity contribution in [3.8, 4) is 0 Å². The molecule has 1 amide bonds. The molecule has 0 aliphatic heterocycles. The van der Waals surface area contributed by atoms with E-state index in [1.165, 1.54) is 18.2 Å². The third-order valence-corrected chi connectivity index (χ3v) is 5.84. The summed E-state index contributed by atoms with van der Waals surface area (Å²) >= 11 is 7.66. The zero-order chi connectivity index (χ0) is 18.4. The van der Waals surface area contributed by atoms with Crippen molar-refractivity contribution in [3.05, 3.63) is 41.4 Å². The van der Waals surface area contributed by atoms with Crippen LogP contribution in [0.4, 0.5) is 0 Å². The van der Waals surface area contributed by atoms with Gasteiger partial charge < -0.3 is 10.1 Å². The van der Waals surface area contributed by atoms with Crippen LogP contribution >= 0.6 is 23.4 Å². The van der Waals surface area contributed by atoms with Crippen LogP contribution in [0.15, 0.2) is 41.3 Å². The maximum Gasteiger partial charge on any atom is 0.316 e. The van der Waals surface area contributed by atoms with Crippen LogP contribution in [0.3, 0.4) is 0 Å². The Bertz CT molecular complexity index is 784. The standard InChI is InChI=1S/C20H22ClNO3S/c21-16-10-4-6-14-7-5-11-17(20(14)16)26-13-19(24)25-12-18(23)22-15-8-2-1-3-9-15/h4-7,10-11,15H,1-3,8-9,12-13H2,(H,22,23). The van der Waals surface area contributed by atoms with Crippen LogP contribution in [-0.2, 0) is 14.3 Å². The molecule has 1 aliphatic carbocycles. The van der Waals surface area contributed by atoms with E-state index >= 15 is 0 Å². The lowest BCUT2D eigenvalue weighted by molar-refractivity contribution is -0.146. The van der Waals surface area contributed by atoms with Crippen molar-refractivity contribution in [2.24, 2.45) is 0 Å². The molecule has 6 heteroatoms. The number of esters is 1. The molecule has 0 atom stereocenters. The fourth-order valence-electron chi connectivity index (χ4n) is 3.22. The molecule has 1 saturated carbocycles. The van der Waals surface area contributed by atoms with E-state index in [9.17, 15) is 9.59 Å². The molecule has 26 heavy (non-hydrogen) atoms. The maximum atomic E-state index is 12.0. The number of rotatable bonds is 6. The van der Waals surface area contributed by atoms with Gasteiger partial charge in [-0.15, -0.1) is 11.8 Å². The number of halogens is 1. The molecule has 0 bridgehead atoms. The molecular weight excluding hydrogens is 370 g/mol. The fraction of sp³-hybridized carbons (Fsp3) is 0.400. The first kappa shape index (κ1) is 19.1. The van der Waals surface area contributed by atoms with E-state index in [0.717, 1.165) is 41.4 Å². The molecule has 0 aromatic heterocycles. The van der Waals surface area contributed by atoms with Crippen molar-refractivity contribution >= 4 is 46.0 Å². The molecule has 2 aromatic rings. The highest BCUT2D eigenvalue weighted by atomic mass is 35.5. The normalized spacial score (nSPS) is 15.0. The smallest absolute Gasteiger partial charge is 0.316 e. The zero-order valence-electron chi connectivity index (χ0n) is 14.5. The highest BCUT2D eigenvalue weighted by Gasteiger charge is 2.17. The molecule has 0 spiro atoms. The van der Waals surface area contributed by atoms with Gasteiger partial charge >= 0.3 is 5.97 Å². The summed E-state index contributed by atoms with van der Waals surface area (Å²) < 4.78 is 5.10. The maximum absolute atomic E-state index is 12.0. The van der Waals surface area contributed by atoms with Gasteiger partial charge in [-0.05, 0) is 30.4 Å². The Labute approximate surface area is 162 Å². The minimum Gasteiger partial charge on any atom is -0.455 e. The second-order valence-electron chi connectivity index (χ2n) is 6.45. The predicted molar refractivity (Wildman–Crippen MR) is 106 cm³/mol. The quantitative estimate of drug-likeness (QED) is 0.578. The Morgan fingerprint density at radius 1 is 1.12 bits per heavy atom. The number of hydrogen-bond acceptors (Lipinski definition) is 4. The molecule has 1 fully saturated rings. The van der Waals surface area contributed by atoms with Crippen LogP contribution in [0.25, 0.3) is 10.8 Å². The molecule has 1 N–H and O–H groups in total. The number of nitrogens with one attached hydrogen (secondary N) is 1. The monoisotopic (exact) mass is 391 g/mol. The van der Waals surface area contributed by atoms with Gasteiger partial charge in [0.05, 0.1) is 5.75 Å². The molecule has 3 rings (SSSR count). The topological polar surface area (TPSA) is 55.4 Å². The van der Waals surface area contributed by atoms with Crippen LogP contribution in [0.1, 0.15) is 32.1 Å². The van der Waals surface area contributed by atoms with E-state index in [0.29, 0.717) is 5.02 Å². The number of carbonyl (C=O) groups excluding carboxylic acids is 2. The number of benzene rings is 2. The summed E-state index contributed by atoms with van der Waals surface area (Å²) in [6.07, 6.45) is 5.55. The van der Waals surface area contributed by atoms with Crippen LogP contribution in [0.5, 0.6) is 0 Å². The molecule has 1 aliphatic rings. The van der Waals surface area contributed by atoms with E-state index in [-0.39, 0.29) is 24.3 Å². The summed E-state index contributed by atoms with van der Waals surface area (Å²) in [4.78, 5) is 24.8. The molecule has 2 aromatic carbocycles. The minimum atomic E-state index is -0.405. The average molecular weight is 392 g/mol. The first-order valence-electron chi connectivity index (χ1n) is 8.88. The van der Waals surface area contributed by atoms with Gasteiger partial charge in [-0.25, -0.2) is 0 Å². The lowest BCUT2D eigenvalue weighted by Gasteiger charge is -2.22. The molecule has 0 heterocycles. The number of thioether (sulfide) groups is 1. The average Bonchev–Trinajstić information content (AvgIpc) is 2.65. The summed E-state index contributed by atoms with van der Waals surface area (Å²) in [7, 11) is 0. The molecule has 0 unspecified atom stereocenters. The fourth-order valence-corrected chi connectivity index (χ4v) is 4.47. The molecule has 138 valence electrons. The van der Waals surface area contributed by atoms with Gasteiger partial charge in [0.15, 0.2) is 6.61 Å². The van der Waals surface area contributed by atoms with Crippen molar-refractivity contribution < 1.29 is 14.3 Å². The highest BCUT2D eigenvalue weighted by molar-refractivity contribution is 8.00. The van der Waals surface area contributed by atoms with Gasteiger partial charge in [0, 0.05) is 21.3 Å². The van der Waals surface area contributed by atoms with Gasteiger partial charge in [0.25, 0.3) is 5.91 Å². The van der Waals surface area contributed by atoms with Crippen molar-refractivity contribution in [2.45, 2.75) is 43.0 Å². The minimum absolute atomic E-state index is 0.140. The Hall–Kier alpha value is -1.72. The van der Waals surface area contributed by atoms with Crippen LogP contribution in [0.2, 0.25) is 5.02 Å². The van der Waals surface area contributed by atoms with Crippen molar-refractivity contribution in [1.82, 2.24) is 5.32 Å². The highest BCUT2D eigenvalue weighted by Crippen LogP contribution is 2.33. The molecule has 0 saturated heterocycles. The van der Waals surface area contributed by atoms with Crippen molar-refractivity contribution in [2.75, 3.05) is 12.4 Å². The van der Waals surface area contributed by atoms with E-state index in [2.05, 4.69) is 5.32 Å². The third kappa shape index (κ3) is 5.15. The van der Waals surface area contributed by atoms with E-state index in [1.54, 1.807) is 0 Å². The first-order chi connectivity index (χ1) is 12.6. The van der Waals surface area contributed by atoms with Gasteiger partial charge in [0.1, 0.15) is 0 Å². The van der Waals surface area contributed by atoms with Gasteiger partial charge in [-0.1, -0.05) is 55.1 Å². The Kier molecular flexibility index (Phi) is 6.80.